The SMILES string of the molecule is O=C1C(C2=N[C@H](C(=O)O)[C@@H]3C(=O)N(c4cccc(C(F)(F)F)c4)C(=O)[C@H]23)=C(O)c2ccccc21. The van der Waals surface area contributed by atoms with Gasteiger partial charge in [-0.1, -0.05) is 30.3 Å². The Morgan fingerprint density at radius 3 is 2.26 bits per heavy atom. The minimum absolute atomic E-state index is 0.111. The summed E-state index contributed by atoms with van der Waals surface area (Å²) in [5.74, 6) is -7.98. The Labute approximate surface area is 188 Å². The van der Waals surface area contributed by atoms with Crippen LogP contribution in [0.15, 0.2) is 59.1 Å². The highest BCUT2D eigenvalue weighted by Crippen LogP contribution is 2.44. The number of anilines is 1. The van der Waals surface area contributed by atoms with Crippen molar-refractivity contribution in [3.05, 3.63) is 70.8 Å². The summed E-state index contributed by atoms with van der Waals surface area (Å²) in [5.41, 5.74) is -1.99. The fourth-order valence-electron chi connectivity index (χ4n) is 4.61. The van der Waals surface area contributed by atoms with Crippen LogP contribution in [0.3, 0.4) is 0 Å². The molecule has 34 heavy (non-hydrogen) atoms. The van der Waals surface area contributed by atoms with Crippen LogP contribution >= 0.6 is 0 Å². The van der Waals surface area contributed by atoms with Crippen molar-refractivity contribution in [2.24, 2.45) is 16.8 Å². The third-order valence-corrected chi connectivity index (χ3v) is 6.10. The van der Waals surface area contributed by atoms with E-state index < -0.39 is 64.5 Å². The molecular formula is C23H13F3N2O6. The van der Waals surface area contributed by atoms with Crippen molar-refractivity contribution < 1.29 is 42.6 Å². The monoisotopic (exact) mass is 470 g/mol. The number of alkyl halides is 3. The zero-order chi connectivity index (χ0) is 24.5. The highest BCUT2D eigenvalue weighted by molar-refractivity contribution is 6.42. The van der Waals surface area contributed by atoms with Crippen molar-refractivity contribution in [2.45, 2.75) is 12.2 Å². The van der Waals surface area contributed by atoms with Crippen LogP contribution in [0.4, 0.5) is 18.9 Å². The lowest BCUT2D eigenvalue weighted by Gasteiger charge is -2.18. The lowest BCUT2D eigenvalue weighted by Crippen LogP contribution is -2.36. The number of Topliss-reactive ketones (excluding diaryl/α,β-unsaturated/α-hetero) is 1. The first-order chi connectivity index (χ1) is 16.0. The van der Waals surface area contributed by atoms with Crippen LogP contribution in [0.25, 0.3) is 5.76 Å². The van der Waals surface area contributed by atoms with Gasteiger partial charge in [-0.25, -0.2) is 9.69 Å². The number of carbonyl (C=O) groups excluding carboxylic acids is 3. The number of carboxylic acid groups (broad SMARTS) is 1. The first-order valence-electron chi connectivity index (χ1n) is 9.95. The number of allylic oxidation sites excluding steroid dienone is 1. The van der Waals surface area contributed by atoms with E-state index in [1.165, 1.54) is 12.1 Å². The van der Waals surface area contributed by atoms with Gasteiger partial charge in [-0.05, 0) is 18.2 Å². The van der Waals surface area contributed by atoms with Crippen LogP contribution < -0.4 is 4.90 Å². The molecule has 11 heteroatoms. The van der Waals surface area contributed by atoms with Crippen molar-refractivity contribution in [1.29, 1.82) is 0 Å². The number of rotatable bonds is 3. The molecule has 8 nitrogen and oxygen atoms in total. The molecule has 3 aliphatic rings. The van der Waals surface area contributed by atoms with Gasteiger partial charge < -0.3 is 10.2 Å². The molecule has 3 atom stereocenters. The van der Waals surface area contributed by atoms with Gasteiger partial charge in [0.25, 0.3) is 0 Å². The number of aliphatic hydroxyl groups is 1. The number of aliphatic hydroxyl groups excluding tert-OH is 1. The van der Waals surface area contributed by atoms with E-state index >= 15 is 0 Å². The van der Waals surface area contributed by atoms with Crippen LogP contribution in [0.1, 0.15) is 21.5 Å². The molecule has 1 aliphatic carbocycles. The second kappa shape index (κ2) is 7.11. The Hall–Kier alpha value is -4.28. The molecule has 2 heterocycles. The number of hydrogen-bond acceptors (Lipinski definition) is 6. The summed E-state index contributed by atoms with van der Waals surface area (Å²) in [4.78, 5) is 55.7. The Morgan fingerprint density at radius 2 is 1.65 bits per heavy atom. The molecule has 2 aromatic rings. The van der Waals surface area contributed by atoms with Crippen LogP contribution in [-0.4, -0.2) is 45.5 Å². The van der Waals surface area contributed by atoms with Gasteiger partial charge in [-0.15, -0.1) is 0 Å². The maximum absolute atomic E-state index is 13.3. The number of aliphatic carboxylic acids is 1. The van der Waals surface area contributed by atoms with Crippen LogP contribution in [0.5, 0.6) is 0 Å². The lowest BCUT2D eigenvalue weighted by molar-refractivity contribution is -0.141. The molecule has 2 amide bonds. The Morgan fingerprint density at radius 1 is 0.971 bits per heavy atom. The molecule has 2 aromatic carbocycles. The highest BCUT2D eigenvalue weighted by atomic mass is 19.4. The summed E-state index contributed by atoms with van der Waals surface area (Å²) in [5, 5.41) is 20.3. The van der Waals surface area contributed by atoms with Crippen molar-refractivity contribution in [2.75, 3.05) is 4.90 Å². The van der Waals surface area contributed by atoms with E-state index in [0.29, 0.717) is 11.0 Å². The number of carbonyl (C=O) groups is 4. The molecule has 1 saturated heterocycles. The van der Waals surface area contributed by atoms with Gasteiger partial charge in [0.2, 0.25) is 11.8 Å². The predicted octanol–water partition coefficient (Wildman–Crippen LogP) is 2.88. The van der Waals surface area contributed by atoms with E-state index in [9.17, 15) is 42.6 Å². The molecule has 5 rings (SSSR count). The lowest BCUT2D eigenvalue weighted by atomic mass is 9.85. The summed E-state index contributed by atoms with van der Waals surface area (Å²) < 4.78 is 39.5. The van der Waals surface area contributed by atoms with E-state index in [0.717, 1.165) is 18.2 Å². The third-order valence-electron chi connectivity index (χ3n) is 6.10. The molecule has 0 saturated carbocycles. The molecular weight excluding hydrogens is 457 g/mol. The van der Waals surface area contributed by atoms with Crippen molar-refractivity contribution in [3.8, 4) is 0 Å². The van der Waals surface area contributed by atoms with Gasteiger partial charge in [0, 0.05) is 11.1 Å². The fraction of sp³-hybridized carbons (Fsp3) is 0.174. The molecule has 0 aromatic heterocycles. The number of imide groups is 1. The van der Waals surface area contributed by atoms with Gasteiger partial charge in [-0.2, -0.15) is 13.2 Å². The number of benzene rings is 2. The van der Waals surface area contributed by atoms with Crippen molar-refractivity contribution >= 4 is 40.7 Å². The number of hydrogen-bond donors (Lipinski definition) is 2. The molecule has 1 fully saturated rings. The Balaban J connectivity index is 1.62. The number of carboxylic acids is 1. The van der Waals surface area contributed by atoms with Gasteiger partial charge >= 0.3 is 12.1 Å². The second-order valence-electron chi connectivity index (χ2n) is 7.96. The number of amides is 2. The summed E-state index contributed by atoms with van der Waals surface area (Å²) in [7, 11) is 0. The number of halogens is 3. The summed E-state index contributed by atoms with van der Waals surface area (Å²) >= 11 is 0. The smallest absolute Gasteiger partial charge is 0.416 e. The van der Waals surface area contributed by atoms with Crippen LogP contribution in [0.2, 0.25) is 0 Å². The van der Waals surface area contributed by atoms with Crippen LogP contribution in [0, 0.1) is 11.8 Å². The van der Waals surface area contributed by atoms with E-state index in [4.69, 9.17) is 0 Å². The standard InChI is InChI=1S/C23H13F3N2O6/c24-23(25,26)9-4-3-5-10(8-9)28-20(31)13-14(21(28)32)17(22(33)34)27-16(13)15-18(29)11-6-1-2-7-12(11)19(15)30/h1-8,13-14,17,29H,(H,33,34)/t13-,14+,17-/m0/s1. The molecule has 0 spiro atoms. The predicted molar refractivity (Wildman–Crippen MR) is 110 cm³/mol. The Kier molecular flexibility index (Phi) is 4.51. The minimum Gasteiger partial charge on any atom is -0.506 e. The van der Waals surface area contributed by atoms with E-state index in [1.54, 1.807) is 12.1 Å². The summed E-state index contributed by atoms with van der Waals surface area (Å²) in [6.45, 7) is 0. The number of fused-ring (bicyclic) bond motifs is 2. The topological polar surface area (TPSA) is 124 Å². The minimum atomic E-state index is -4.74. The van der Waals surface area contributed by atoms with Gasteiger partial charge in [-0.3, -0.25) is 19.4 Å². The molecule has 0 radical (unpaired) electrons. The highest BCUT2D eigenvalue weighted by Gasteiger charge is 2.61. The molecule has 2 N–H and O–H groups in total. The first-order valence-corrected chi connectivity index (χ1v) is 9.95. The zero-order valence-corrected chi connectivity index (χ0v) is 16.9. The van der Waals surface area contributed by atoms with Gasteiger partial charge in [0.15, 0.2) is 11.8 Å². The molecule has 0 bridgehead atoms. The normalized spacial score (nSPS) is 24.0. The van der Waals surface area contributed by atoms with Gasteiger partial charge in [0.05, 0.1) is 34.4 Å². The largest absolute Gasteiger partial charge is 0.506 e. The number of aliphatic imine (C=N–C) groups is 1. The average molecular weight is 470 g/mol. The molecule has 172 valence electrons. The van der Waals surface area contributed by atoms with Crippen molar-refractivity contribution in [3.63, 3.8) is 0 Å². The second-order valence-corrected chi connectivity index (χ2v) is 7.96. The third kappa shape index (κ3) is 2.89. The van der Waals surface area contributed by atoms with Gasteiger partial charge in [0.1, 0.15) is 5.76 Å². The fourth-order valence-corrected chi connectivity index (χ4v) is 4.61. The molecule has 2 aliphatic heterocycles. The van der Waals surface area contributed by atoms with E-state index in [-0.39, 0.29) is 22.5 Å². The molecule has 0 unspecified atom stereocenters. The average Bonchev–Trinajstić information content (AvgIpc) is 3.38. The Bertz CT molecular complexity index is 1380. The first kappa shape index (κ1) is 21.6. The number of ketones is 1. The van der Waals surface area contributed by atoms with Crippen LogP contribution in [-0.2, 0) is 20.6 Å². The zero-order valence-electron chi connectivity index (χ0n) is 16.9. The number of nitrogens with zero attached hydrogens (tertiary/aromatic N) is 2. The summed E-state index contributed by atoms with van der Waals surface area (Å²) in [6, 6.07) is 7.73. The maximum Gasteiger partial charge on any atom is 0.416 e. The van der Waals surface area contributed by atoms with Crippen molar-refractivity contribution in [1.82, 2.24) is 0 Å². The van der Waals surface area contributed by atoms with E-state index in [1.807, 2.05) is 0 Å². The van der Waals surface area contributed by atoms with E-state index in [2.05, 4.69) is 4.99 Å². The summed E-state index contributed by atoms with van der Waals surface area (Å²) in [6.07, 6.45) is -4.74. The quantitative estimate of drug-likeness (QED) is 0.665. The maximum atomic E-state index is 13.3.